The SMILES string of the molecule is O=C([O-])/C=C/c1ccc(S(=O)(=O)Nc2cccc(C(F)(F)F)c2)cc1. The van der Waals surface area contributed by atoms with Crippen molar-refractivity contribution in [2.24, 2.45) is 0 Å². The first-order valence-corrected chi connectivity index (χ1v) is 8.25. The summed E-state index contributed by atoms with van der Waals surface area (Å²) in [6.07, 6.45) is -2.59. The number of hydrogen-bond acceptors (Lipinski definition) is 4. The Hall–Kier alpha value is -2.81. The zero-order chi connectivity index (χ0) is 18.7. The standard InChI is InChI=1S/C16H12F3NO4S/c17-16(18,19)12-2-1-3-13(10-12)20-25(23,24)14-7-4-11(5-8-14)6-9-15(21)22/h1-10,20H,(H,21,22)/p-1/b9-6+. The fourth-order valence-corrected chi connectivity index (χ4v) is 2.94. The Balaban J connectivity index is 2.23. The number of carboxylic acids is 1. The molecule has 0 fully saturated rings. The number of carbonyl (C=O) groups is 1. The van der Waals surface area contributed by atoms with Gasteiger partial charge in [0.25, 0.3) is 10.0 Å². The lowest BCUT2D eigenvalue weighted by Crippen LogP contribution is -2.18. The Morgan fingerprint density at radius 2 is 1.72 bits per heavy atom. The molecule has 0 atom stereocenters. The fourth-order valence-electron chi connectivity index (χ4n) is 1.90. The second-order valence-electron chi connectivity index (χ2n) is 4.91. The molecule has 0 bridgehead atoms. The van der Waals surface area contributed by atoms with Crippen molar-refractivity contribution in [3.05, 3.63) is 65.7 Å². The van der Waals surface area contributed by atoms with Crippen LogP contribution in [0.1, 0.15) is 11.1 Å². The second-order valence-corrected chi connectivity index (χ2v) is 6.59. The predicted octanol–water partition coefficient (Wildman–Crippen LogP) is 2.27. The minimum absolute atomic E-state index is 0.185. The van der Waals surface area contributed by atoms with Crippen LogP contribution < -0.4 is 9.83 Å². The van der Waals surface area contributed by atoms with Crippen LogP contribution in [0.4, 0.5) is 18.9 Å². The molecule has 0 saturated heterocycles. The molecule has 2 rings (SSSR count). The molecule has 0 heterocycles. The quantitative estimate of drug-likeness (QED) is 0.818. The van der Waals surface area contributed by atoms with Crippen molar-refractivity contribution in [3.8, 4) is 0 Å². The first-order chi connectivity index (χ1) is 11.6. The van der Waals surface area contributed by atoms with E-state index < -0.39 is 27.7 Å². The van der Waals surface area contributed by atoms with Crippen LogP contribution in [0.5, 0.6) is 0 Å². The third kappa shape index (κ3) is 5.08. The number of hydrogen-bond donors (Lipinski definition) is 1. The van der Waals surface area contributed by atoms with Crippen molar-refractivity contribution >= 4 is 27.8 Å². The van der Waals surface area contributed by atoms with Gasteiger partial charge in [-0.05, 0) is 42.0 Å². The summed E-state index contributed by atoms with van der Waals surface area (Å²) in [7, 11) is -4.09. The van der Waals surface area contributed by atoms with Crippen molar-refractivity contribution in [2.75, 3.05) is 4.72 Å². The zero-order valence-electron chi connectivity index (χ0n) is 12.4. The van der Waals surface area contributed by atoms with Gasteiger partial charge >= 0.3 is 6.18 Å². The van der Waals surface area contributed by atoms with E-state index in [9.17, 15) is 31.5 Å². The molecule has 25 heavy (non-hydrogen) atoms. The Labute approximate surface area is 141 Å². The molecule has 0 saturated carbocycles. The Morgan fingerprint density at radius 3 is 2.28 bits per heavy atom. The molecule has 0 aliphatic carbocycles. The average Bonchev–Trinajstić information content (AvgIpc) is 2.52. The summed E-state index contributed by atoms with van der Waals surface area (Å²) >= 11 is 0. The van der Waals surface area contributed by atoms with E-state index in [1.165, 1.54) is 36.4 Å². The van der Waals surface area contributed by atoms with E-state index in [0.717, 1.165) is 18.2 Å². The third-order valence-electron chi connectivity index (χ3n) is 3.04. The summed E-state index contributed by atoms with van der Waals surface area (Å²) in [4.78, 5) is 10.1. The average molecular weight is 370 g/mol. The van der Waals surface area contributed by atoms with Gasteiger partial charge in [-0.15, -0.1) is 0 Å². The molecular formula is C16H11F3NO4S-. The van der Waals surface area contributed by atoms with Gasteiger partial charge in [-0.3, -0.25) is 4.72 Å². The number of nitrogens with one attached hydrogen (secondary N) is 1. The van der Waals surface area contributed by atoms with Crippen LogP contribution in [0.2, 0.25) is 0 Å². The van der Waals surface area contributed by atoms with Crippen LogP contribution in [-0.2, 0) is 21.0 Å². The van der Waals surface area contributed by atoms with Crippen LogP contribution in [0.3, 0.4) is 0 Å². The molecule has 2 aromatic rings. The van der Waals surface area contributed by atoms with Crippen molar-refractivity contribution in [2.45, 2.75) is 11.1 Å². The largest absolute Gasteiger partial charge is 0.545 e. The van der Waals surface area contributed by atoms with Gasteiger partial charge in [0.05, 0.1) is 16.4 Å². The van der Waals surface area contributed by atoms with Crippen molar-refractivity contribution in [1.82, 2.24) is 0 Å². The van der Waals surface area contributed by atoms with E-state index >= 15 is 0 Å². The van der Waals surface area contributed by atoms with Gasteiger partial charge in [-0.1, -0.05) is 24.3 Å². The van der Waals surface area contributed by atoms with Gasteiger partial charge in [0.2, 0.25) is 0 Å². The van der Waals surface area contributed by atoms with Crippen LogP contribution in [0.15, 0.2) is 59.5 Å². The summed E-state index contributed by atoms with van der Waals surface area (Å²) in [5.74, 6) is -1.40. The number of sulfonamides is 1. The number of halogens is 3. The summed E-state index contributed by atoms with van der Waals surface area (Å²) in [6.45, 7) is 0. The van der Waals surface area contributed by atoms with E-state index in [1.54, 1.807) is 0 Å². The lowest BCUT2D eigenvalue weighted by atomic mass is 10.2. The highest BCUT2D eigenvalue weighted by atomic mass is 32.2. The minimum atomic E-state index is -4.59. The molecule has 2 aromatic carbocycles. The lowest BCUT2D eigenvalue weighted by Gasteiger charge is -2.11. The highest BCUT2D eigenvalue weighted by Gasteiger charge is 2.30. The normalized spacial score (nSPS) is 12.3. The summed E-state index contributed by atoms with van der Waals surface area (Å²) in [5.41, 5.74) is -0.784. The zero-order valence-corrected chi connectivity index (χ0v) is 13.3. The van der Waals surface area contributed by atoms with Crippen LogP contribution in [0, 0.1) is 0 Å². The highest BCUT2D eigenvalue weighted by molar-refractivity contribution is 7.92. The van der Waals surface area contributed by atoms with Crippen molar-refractivity contribution in [1.29, 1.82) is 0 Å². The van der Waals surface area contributed by atoms with E-state index in [-0.39, 0.29) is 10.6 Å². The summed E-state index contributed by atoms with van der Waals surface area (Å²) in [5, 5.41) is 10.3. The second kappa shape index (κ2) is 6.98. The number of anilines is 1. The molecule has 132 valence electrons. The van der Waals surface area contributed by atoms with Gasteiger partial charge in [0, 0.05) is 5.69 Å². The van der Waals surface area contributed by atoms with E-state index in [4.69, 9.17) is 0 Å². The molecule has 5 nitrogen and oxygen atoms in total. The first kappa shape index (κ1) is 18.5. The maximum Gasteiger partial charge on any atom is 0.416 e. The molecule has 0 aromatic heterocycles. The van der Waals surface area contributed by atoms with E-state index in [0.29, 0.717) is 11.6 Å². The lowest BCUT2D eigenvalue weighted by molar-refractivity contribution is -0.297. The smallest absolute Gasteiger partial charge is 0.416 e. The van der Waals surface area contributed by atoms with Crippen LogP contribution >= 0.6 is 0 Å². The van der Waals surface area contributed by atoms with Gasteiger partial charge in [0.1, 0.15) is 0 Å². The van der Waals surface area contributed by atoms with E-state index in [1.807, 2.05) is 0 Å². The van der Waals surface area contributed by atoms with Crippen molar-refractivity contribution in [3.63, 3.8) is 0 Å². The number of aliphatic carboxylic acids is 1. The molecule has 0 spiro atoms. The van der Waals surface area contributed by atoms with Crippen LogP contribution in [0.25, 0.3) is 6.08 Å². The fraction of sp³-hybridized carbons (Fsp3) is 0.0625. The summed E-state index contributed by atoms with van der Waals surface area (Å²) < 4.78 is 64.5. The third-order valence-corrected chi connectivity index (χ3v) is 4.44. The van der Waals surface area contributed by atoms with Crippen molar-refractivity contribution < 1.29 is 31.5 Å². The minimum Gasteiger partial charge on any atom is -0.545 e. The number of alkyl halides is 3. The monoisotopic (exact) mass is 370 g/mol. The Kier molecular flexibility index (Phi) is 5.17. The number of benzene rings is 2. The summed E-state index contributed by atoms with van der Waals surface area (Å²) in [6, 6.07) is 8.90. The number of carbonyl (C=O) groups excluding carboxylic acids is 1. The molecule has 9 heteroatoms. The van der Waals surface area contributed by atoms with Gasteiger partial charge in [0.15, 0.2) is 0 Å². The molecule has 0 aliphatic heterocycles. The Morgan fingerprint density at radius 1 is 1.08 bits per heavy atom. The first-order valence-electron chi connectivity index (χ1n) is 6.77. The highest BCUT2D eigenvalue weighted by Crippen LogP contribution is 2.31. The molecule has 0 unspecified atom stereocenters. The topological polar surface area (TPSA) is 86.3 Å². The molecule has 0 radical (unpaired) electrons. The molecule has 0 amide bonds. The molecule has 1 N–H and O–H groups in total. The van der Waals surface area contributed by atoms with E-state index in [2.05, 4.69) is 4.72 Å². The number of rotatable bonds is 5. The van der Waals surface area contributed by atoms with Gasteiger partial charge in [-0.2, -0.15) is 13.2 Å². The molecule has 0 aliphatic rings. The van der Waals surface area contributed by atoms with Crippen LogP contribution in [-0.4, -0.2) is 14.4 Å². The van der Waals surface area contributed by atoms with Gasteiger partial charge in [-0.25, -0.2) is 8.42 Å². The predicted molar refractivity (Wildman–Crippen MR) is 82.7 cm³/mol. The maximum atomic E-state index is 12.7. The Bertz CT molecular complexity index is 904. The maximum absolute atomic E-state index is 12.7. The number of carboxylic acid groups (broad SMARTS) is 1. The van der Waals surface area contributed by atoms with Gasteiger partial charge < -0.3 is 9.90 Å². The molecular weight excluding hydrogens is 359 g/mol.